The van der Waals surface area contributed by atoms with E-state index in [9.17, 15) is 13.6 Å². The summed E-state index contributed by atoms with van der Waals surface area (Å²) in [5, 5.41) is 0.619. The Hall–Kier alpha value is -1.98. The summed E-state index contributed by atoms with van der Waals surface area (Å²) in [5.41, 5.74) is 1.35. The fourth-order valence-corrected chi connectivity index (χ4v) is 4.28. The highest BCUT2D eigenvalue weighted by atomic mass is 35.5. The number of halogens is 3. The molecule has 26 heavy (non-hydrogen) atoms. The van der Waals surface area contributed by atoms with E-state index in [2.05, 4.69) is 11.9 Å². The molecule has 0 radical (unpaired) electrons. The minimum Gasteiger partial charge on any atom is -0.307 e. The molecule has 0 bridgehead atoms. The molecule has 3 nitrogen and oxygen atoms in total. The molecule has 0 aliphatic carbocycles. The molecule has 2 aromatic carbocycles. The average Bonchev–Trinajstić information content (AvgIpc) is 2.93. The van der Waals surface area contributed by atoms with Crippen LogP contribution in [0.15, 0.2) is 36.4 Å². The number of hydrogen-bond donors (Lipinski definition) is 0. The minimum absolute atomic E-state index is 0.188. The molecule has 2 aromatic rings. The van der Waals surface area contributed by atoms with Crippen LogP contribution >= 0.6 is 11.6 Å². The Morgan fingerprint density at radius 1 is 1.15 bits per heavy atom. The molecule has 4 rings (SSSR count). The predicted molar refractivity (Wildman–Crippen MR) is 97.9 cm³/mol. The lowest BCUT2D eigenvalue weighted by atomic mass is 9.74. The highest BCUT2D eigenvalue weighted by Crippen LogP contribution is 2.48. The lowest BCUT2D eigenvalue weighted by Crippen LogP contribution is -2.45. The van der Waals surface area contributed by atoms with Gasteiger partial charge in [-0.2, -0.15) is 0 Å². The summed E-state index contributed by atoms with van der Waals surface area (Å²) in [6.07, 6.45) is 1.79. The van der Waals surface area contributed by atoms with Gasteiger partial charge in [-0.25, -0.2) is 8.78 Å². The van der Waals surface area contributed by atoms with Crippen molar-refractivity contribution < 1.29 is 13.6 Å². The molecule has 0 unspecified atom stereocenters. The maximum absolute atomic E-state index is 14.2. The second-order valence-electron chi connectivity index (χ2n) is 7.24. The molecular weight excluding hydrogens is 358 g/mol. The minimum atomic E-state index is -1.10. The number of carbonyl (C=O) groups excluding carboxylic acids is 1. The van der Waals surface area contributed by atoms with Crippen LogP contribution in [0.3, 0.4) is 0 Å². The maximum atomic E-state index is 14.2. The summed E-state index contributed by atoms with van der Waals surface area (Å²) in [6.45, 7) is 2.30. The number of fused-ring (bicyclic) bond motifs is 2. The third kappa shape index (κ3) is 2.70. The Bertz CT molecular complexity index is 878. The van der Waals surface area contributed by atoms with Crippen LogP contribution in [-0.4, -0.2) is 37.5 Å². The first-order chi connectivity index (χ1) is 12.4. The highest BCUT2D eigenvalue weighted by molar-refractivity contribution is 6.30. The summed E-state index contributed by atoms with van der Waals surface area (Å²) in [4.78, 5) is 16.9. The lowest BCUT2D eigenvalue weighted by molar-refractivity contribution is 0.0974. The number of hydrogen-bond acceptors (Lipinski definition) is 2. The molecule has 1 spiro atoms. The number of piperidine rings is 1. The van der Waals surface area contributed by atoms with Crippen molar-refractivity contribution in [3.8, 4) is 0 Å². The smallest absolute Gasteiger partial charge is 0.261 e. The molecular formula is C20H19ClF2N2O. The Kier molecular flexibility index (Phi) is 4.24. The van der Waals surface area contributed by atoms with Gasteiger partial charge in [0.1, 0.15) is 0 Å². The van der Waals surface area contributed by atoms with Gasteiger partial charge >= 0.3 is 0 Å². The van der Waals surface area contributed by atoms with Crippen LogP contribution in [-0.2, 0) is 5.41 Å². The molecule has 0 saturated carbocycles. The van der Waals surface area contributed by atoms with Crippen LogP contribution in [0.5, 0.6) is 0 Å². The van der Waals surface area contributed by atoms with Crippen molar-refractivity contribution in [2.75, 3.05) is 31.6 Å². The van der Waals surface area contributed by atoms with Crippen LogP contribution in [0, 0.1) is 11.6 Å². The van der Waals surface area contributed by atoms with Crippen molar-refractivity contribution >= 4 is 23.2 Å². The quantitative estimate of drug-likeness (QED) is 0.743. The van der Waals surface area contributed by atoms with E-state index in [1.54, 1.807) is 17.0 Å². The van der Waals surface area contributed by atoms with Crippen LogP contribution in [0.1, 0.15) is 28.8 Å². The van der Waals surface area contributed by atoms with Crippen molar-refractivity contribution in [1.82, 2.24) is 4.90 Å². The van der Waals surface area contributed by atoms with Crippen LogP contribution in [0.2, 0.25) is 5.02 Å². The fraction of sp³-hybridized carbons (Fsp3) is 0.350. The zero-order chi connectivity index (χ0) is 18.5. The van der Waals surface area contributed by atoms with Crippen LogP contribution < -0.4 is 4.90 Å². The summed E-state index contributed by atoms with van der Waals surface area (Å²) in [7, 11) is 2.08. The summed E-state index contributed by atoms with van der Waals surface area (Å²) < 4.78 is 27.8. The zero-order valence-corrected chi connectivity index (χ0v) is 15.2. The topological polar surface area (TPSA) is 23.6 Å². The number of benzene rings is 2. The molecule has 1 amide bonds. The number of nitrogens with zero attached hydrogens (tertiary/aromatic N) is 2. The first-order valence-electron chi connectivity index (χ1n) is 8.66. The Morgan fingerprint density at radius 3 is 2.62 bits per heavy atom. The van der Waals surface area contributed by atoms with E-state index in [0.717, 1.165) is 43.2 Å². The number of rotatable bonds is 1. The number of amides is 1. The monoisotopic (exact) mass is 376 g/mol. The Labute approximate surface area is 156 Å². The van der Waals surface area contributed by atoms with Crippen molar-refractivity contribution in [2.45, 2.75) is 18.3 Å². The van der Waals surface area contributed by atoms with E-state index in [0.29, 0.717) is 11.6 Å². The van der Waals surface area contributed by atoms with Gasteiger partial charge in [-0.3, -0.25) is 4.79 Å². The summed E-state index contributed by atoms with van der Waals surface area (Å²) in [6, 6.07) is 9.15. The average molecular weight is 377 g/mol. The third-order valence-electron chi connectivity index (χ3n) is 5.65. The fourth-order valence-electron chi connectivity index (χ4n) is 4.11. The number of anilines is 1. The van der Waals surface area contributed by atoms with Gasteiger partial charge in [-0.1, -0.05) is 17.7 Å². The highest BCUT2D eigenvalue weighted by Gasteiger charge is 2.46. The normalized spacial score (nSPS) is 19.0. The van der Waals surface area contributed by atoms with Gasteiger partial charge in [0.05, 0.1) is 5.56 Å². The van der Waals surface area contributed by atoms with E-state index in [4.69, 9.17) is 11.6 Å². The summed E-state index contributed by atoms with van der Waals surface area (Å²) >= 11 is 6.22. The Balaban J connectivity index is 1.77. The summed E-state index contributed by atoms with van der Waals surface area (Å²) in [5.74, 6) is -2.63. The first-order valence-corrected chi connectivity index (χ1v) is 9.03. The van der Waals surface area contributed by atoms with Gasteiger partial charge in [0.15, 0.2) is 11.6 Å². The van der Waals surface area contributed by atoms with E-state index in [-0.39, 0.29) is 11.0 Å². The van der Waals surface area contributed by atoms with E-state index >= 15 is 0 Å². The largest absolute Gasteiger partial charge is 0.307 e. The van der Waals surface area contributed by atoms with Crippen LogP contribution in [0.25, 0.3) is 0 Å². The van der Waals surface area contributed by atoms with E-state index in [1.807, 2.05) is 6.07 Å². The second-order valence-corrected chi connectivity index (χ2v) is 7.67. The molecule has 1 fully saturated rings. The molecule has 1 saturated heterocycles. The maximum Gasteiger partial charge on any atom is 0.261 e. The van der Waals surface area contributed by atoms with Gasteiger partial charge in [0.2, 0.25) is 0 Å². The Morgan fingerprint density at radius 2 is 1.88 bits per heavy atom. The van der Waals surface area contributed by atoms with Gasteiger partial charge in [0, 0.05) is 22.7 Å². The number of carbonyl (C=O) groups is 1. The van der Waals surface area contributed by atoms with Gasteiger partial charge in [-0.05, 0) is 68.9 Å². The van der Waals surface area contributed by atoms with Crippen molar-refractivity contribution in [2.24, 2.45) is 0 Å². The van der Waals surface area contributed by atoms with Crippen LogP contribution in [0.4, 0.5) is 14.5 Å². The molecule has 6 heteroatoms. The predicted octanol–water partition coefficient (Wildman–Crippen LogP) is 4.24. The van der Waals surface area contributed by atoms with Crippen molar-refractivity contribution in [3.63, 3.8) is 0 Å². The SMILES string of the molecule is CN1CCC2(CC1)CN(C(=O)c1cccc(F)c1F)c1ccc(Cl)cc12. The standard InChI is InChI=1S/C20H19ClF2N2O/c1-24-9-7-20(8-10-24)12-25(17-6-5-13(21)11-15(17)20)19(26)14-3-2-4-16(22)18(14)23/h2-6,11H,7-10,12H2,1H3. The van der Waals surface area contributed by atoms with Gasteiger partial charge in [-0.15, -0.1) is 0 Å². The van der Waals surface area contributed by atoms with Crippen molar-refractivity contribution in [3.05, 3.63) is 64.2 Å². The lowest BCUT2D eigenvalue weighted by Gasteiger charge is -2.38. The molecule has 136 valence electrons. The molecule has 2 aliphatic rings. The van der Waals surface area contributed by atoms with E-state index in [1.165, 1.54) is 12.1 Å². The third-order valence-corrected chi connectivity index (χ3v) is 5.89. The zero-order valence-electron chi connectivity index (χ0n) is 14.4. The van der Waals surface area contributed by atoms with Crippen molar-refractivity contribution in [1.29, 1.82) is 0 Å². The van der Waals surface area contributed by atoms with Gasteiger partial charge < -0.3 is 9.80 Å². The number of likely N-dealkylation sites (tertiary alicyclic amines) is 1. The second kappa shape index (κ2) is 6.32. The van der Waals surface area contributed by atoms with Gasteiger partial charge in [0.25, 0.3) is 5.91 Å². The molecule has 0 aromatic heterocycles. The first kappa shape index (κ1) is 17.4. The molecule has 0 N–H and O–H groups in total. The molecule has 2 aliphatic heterocycles. The van der Waals surface area contributed by atoms with E-state index < -0.39 is 17.5 Å². The molecule has 0 atom stereocenters. The molecule has 2 heterocycles.